The van der Waals surface area contributed by atoms with Crippen LogP contribution in [0.3, 0.4) is 0 Å². The molecular weight excluding hydrogens is 138 g/mol. The van der Waals surface area contributed by atoms with Crippen LogP contribution in [-0.4, -0.2) is 18.2 Å². The molecule has 0 aromatic heterocycles. The third kappa shape index (κ3) is 2.46. The third-order valence-electron chi connectivity index (χ3n) is 2.32. The van der Waals surface area contributed by atoms with E-state index < -0.39 is 0 Å². The molecule has 0 aliphatic carbocycles. The molecule has 0 saturated carbocycles. The highest BCUT2D eigenvalue weighted by atomic mass is 16.5. The summed E-state index contributed by atoms with van der Waals surface area (Å²) in [6.07, 6.45) is 2.78. The van der Waals surface area contributed by atoms with Crippen molar-refractivity contribution < 1.29 is 4.74 Å². The Kier molecular flexibility index (Phi) is 2.90. The maximum absolute atomic E-state index is 5.87. The number of ether oxygens (including phenoxy) is 1. The molecular formula is C9H19NO. The van der Waals surface area contributed by atoms with E-state index in [0.29, 0.717) is 24.2 Å². The minimum absolute atomic E-state index is 0.353. The molecule has 2 nitrogen and oxygen atoms in total. The van der Waals surface area contributed by atoms with Crippen molar-refractivity contribution >= 4 is 0 Å². The van der Waals surface area contributed by atoms with Crippen molar-refractivity contribution in [2.45, 2.75) is 51.9 Å². The Labute approximate surface area is 69.1 Å². The summed E-state index contributed by atoms with van der Waals surface area (Å²) in [7, 11) is 0. The van der Waals surface area contributed by atoms with Gasteiger partial charge in [0.05, 0.1) is 12.2 Å². The van der Waals surface area contributed by atoms with Gasteiger partial charge in [-0.25, -0.2) is 0 Å². The first-order chi connectivity index (χ1) is 5.09. The number of hydrogen-bond donors (Lipinski definition) is 1. The fraction of sp³-hybridized carbons (Fsp3) is 1.00. The van der Waals surface area contributed by atoms with Crippen LogP contribution in [-0.2, 0) is 4.74 Å². The molecule has 1 unspecified atom stereocenters. The van der Waals surface area contributed by atoms with E-state index in [1.54, 1.807) is 0 Å². The Morgan fingerprint density at radius 3 is 2.45 bits per heavy atom. The highest BCUT2D eigenvalue weighted by molar-refractivity contribution is 4.79. The van der Waals surface area contributed by atoms with Gasteiger partial charge in [-0.15, -0.1) is 0 Å². The van der Waals surface area contributed by atoms with Gasteiger partial charge in [0.1, 0.15) is 0 Å². The summed E-state index contributed by atoms with van der Waals surface area (Å²) < 4.78 is 5.74. The van der Waals surface area contributed by atoms with Crippen molar-refractivity contribution in [1.82, 2.24) is 0 Å². The molecule has 1 aliphatic heterocycles. The van der Waals surface area contributed by atoms with Gasteiger partial charge in [0.25, 0.3) is 0 Å². The molecule has 66 valence electrons. The molecule has 1 aliphatic rings. The normalized spacial score (nSPS) is 39.5. The highest BCUT2D eigenvalue weighted by Crippen LogP contribution is 2.22. The summed E-state index contributed by atoms with van der Waals surface area (Å²) in [5.41, 5.74) is 5.87. The number of rotatable bonds is 1. The molecule has 1 heterocycles. The van der Waals surface area contributed by atoms with Crippen molar-refractivity contribution in [3.05, 3.63) is 0 Å². The van der Waals surface area contributed by atoms with Crippen LogP contribution < -0.4 is 5.73 Å². The van der Waals surface area contributed by atoms with Crippen LogP contribution >= 0.6 is 0 Å². The lowest BCUT2D eigenvalue weighted by atomic mass is 9.93. The van der Waals surface area contributed by atoms with E-state index >= 15 is 0 Å². The minimum atomic E-state index is 0.353. The van der Waals surface area contributed by atoms with Crippen molar-refractivity contribution in [1.29, 1.82) is 0 Å². The smallest absolute Gasteiger partial charge is 0.0616 e. The predicted octanol–water partition coefficient (Wildman–Crippen LogP) is 1.54. The molecule has 11 heavy (non-hydrogen) atoms. The second-order valence-electron chi connectivity index (χ2n) is 3.96. The summed E-state index contributed by atoms with van der Waals surface area (Å²) in [6.45, 7) is 6.49. The lowest BCUT2D eigenvalue weighted by molar-refractivity contribution is -0.0680. The molecule has 0 radical (unpaired) electrons. The fourth-order valence-electron chi connectivity index (χ4n) is 1.66. The monoisotopic (exact) mass is 157 g/mol. The van der Waals surface area contributed by atoms with Gasteiger partial charge in [0.2, 0.25) is 0 Å². The predicted molar refractivity (Wildman–Crippen MR) is 46.4 cm³/mol. The maximum atomic E-state index is 5.87. The maximum Gasteiger partial charge on any atom is 0.0616 e. The zero-order valence-electron chi connectivity index (χ0n) is 7.71. The molecule has 2 heteroatoms. The van der Waals surface area contributed by atoms with E-state index in [2.05, 4.69) is 20.8 Å². The molecule has 3 atom stereocenters. The molecule has 0 aromatic rings. The Morgan fingerprint density at radius 1 is 1.36 bits per heavy atom. The second-order valence-corrected chi connectivity index (χ2v) is 3.96. The molecule has 0 spiro atoms. The van der Waals surface area contributed by atoms with E-state index in [1.165, 1.54) is 0 Å². The van der Waals surface area contributed by atoms with Gasteiger partial charge in [0.15, 0.2) is 0 Å². The first-order valence-corrected chi connectivity index (χ1v) is 4.50. The van der Waals surface area contributed by atoms with Crippen LogP contribution in [0.15, 0.2) is 0 Å². The topological polar surface area (TPSA) is 35.2 Å². The minimum Gasteiger partial charge on any atom is -0.375 e. The van der Waals surface area contributed by atoms with Gasteiger partial charge >= 0.3 is 0 Å². The molecule has 2 N–H and O–H groups in total. The van der Waals surface area contributed by atoms with Gasteiger partial charge < -0.3 is 10.5 Å². The van der Waals surface area contributed by atoms with Gasteiger partial charge in [-0.05, 0) is 25.7 Å². The zero-order chi connectivity index (χ0) is 8.43. The van der Waals surface area contributed by atoms with E-state index in [1.807, 2.05) is 0 Å². The van der Waals surface area contributed by atoms with Gasteiger partial charge in [-0.2, -0.15) is 0 Å². The molecule has 1 fully saturated rings. The van der Waals surface area contributed by atoms with Crippen LogP contribution in [0.2, 0.25) is 0 Å². The summed E-state index contributed by atoms with van der Waals surface area (Å²) in [5, 5.41) is 0. The van der Waals surface area contributed by atoms with E-state index in [9.17, 15) is 0 Å². The average Bonchev–Trinajstić information content (AvgIpc) is 1.85. The molecule has 0 amide bonds. The Morgan fingerprint density at radius 2 is 2.00 bits per heavy atom. The summed E-state index contributed by atoms with van der Waals surface area (Å²) in [6, 6.07) is 0.353. The van der Waals surface area contributed by atoms with Crippen LogP contribution in [0.25, 0.3) is 0 Å². The Hall–Kier alpha value is -0.0800. The Balaban J connectivity index is 2.43. The fourth-order valence-corrected chi connectivity index (χ4v) is 1.66. The van der Waals surface area contributed by atoms with Gasteiger partial charge in [-0.1, -0.05) is 13.8 Å². The zero-order valence-corrected chi connectivity index (χ0v) is 7.71. The SMILES string of the molecule is CC1C[C@@H](N)C[C@@H](C(C)C)O1. The van der Waals surface area contributed by atoms with Crippen molar-refractivity contribution in [3.8, 4) is 0 Å². The summed E-state index contributed by atoms with van der Waals surface area (Å²) >= 11 is 0. The van der Waals surface area contributed by atoms with Gasteiger partial charge in [-0.3, -0.25) is 0 Å². The first-order valence-electron chi connectivity index (χ1n) is 4.50. The molecule has 1 rings (SSSR count). The van der Waals surface area contributed by atoms with Gasteiger partial charge in [0, 0.05) is 6.04 Å². The lowest BCUT2D eigenvalue weighted by Crippen LogP contribution is -2.41. The van der Waals surface area contributed by atoms with Crippen molar-refractivity contribution in [2.24, 2.45) is 11.7 Å². The standard InChI is InChI=1S/C9H19NO/c1-6(2)9-5-8(10)4-7(3)11-9/h6-9H,4-5,10H2,1-3H3/t7?,8-,9+/m1/s1. The Bertz CT molecular complexity index is 115. The summed E-state index contributed by atoms with van der Waals surface area (Å²) in [4.78, 5) is 0. The second kappa shape index (κ2) is 3.55. The van der Waals surface area contributed by atoms with Crippen LogP contribution in [0.5, 0.6) is 0 Å². The highest BCUT2D eigenvalue weighted by Gasteiger charge is 2.26. The number of hydrogen-bond acceptors (Lipinski definition) is 2. The number of nitrogens with two attached hydrogens (primary N) is 1. The van der Waals surface area contributed by atoms with E-state index in [-0.39, 0.29) is 0 Å². The van der Waals surface area contributed by atoms with E-state index in [0.717, 1.165) is 12.8 Å². The van der Waals surface area contributed by atoms with Crippen molar-refractivity contribution in [3.63, 3.8) is 0 Å². The van der Waals surface area contributed by atoms with Crippen molar-refractivity contribution in [2.75, 3.05) is 0 Å². The summed E-state index contributed by atoms with van der Waals surface area (Å²) in [5.74, 6) is 0.601. The van der Waals surface area contributed by atoms with Crippen LogP contribution in [0, 0.1) is 5.92 Å². The van der Waals surface area contributed by atoms with Crippen LogP contribution in [0.1, 0.15) is 33.6 Å². The third-order valence-corrected chi connectivity index (χ3v) is 2.32. The average molecular weight is 157 g/mol. The lowest BCUT2D eigenvalue weighted by Gasteiger charge is -2.34. The molecule has 0 aromatic carbocycles. The first kappa shape index (κ1) is 9.01. The van der Waals surface area contributed by atoms with E-state index in [4.69, 9.17) is 10.5 Å². The quantitative estimate of drug-likeness (QED) is 0.626. The van der Waals surface area contributed by atoms with Crippen LogP contribution in [0.4, 0.5) is 0 Å². The molecule has 1 saturated heterocycles. The molecule has 0 bridgehead atoms. The largest absolute Gasteiger partial charge is 0.375 e.